The average molecular weight is 551 g/mol. The van der Waals surface area contributed by atoms with Crippen molar-refractivity contribution in [1.82, 2.24) is 14.2 Å². The van der Waals surface area contributed by atoms with Gasteiger partial charge in [0, 0.05) is 52.1 Å². The van der Waals surface area contributed by atoms with Crippen molar-refractivity contribution in [1.29, 1.82) is 0 Å². The van der Waals surface area contributed by atoms with Crippen LogP contribution in [0.3, 0.4) is 0 Å². The number of piperazine rings is 1. The molecule has 2 saturated heterocycles. The van der Waals surface area contributed by atoms with Crippen molar-refractivity contribution in [2.24, 2.45) is 5.92 Å². The standard InChI is InChI=1S/C24H37F3N4O5S/c1-23(2,3)36-22(32)30-9-5-19(6-10-30)7-15-35-16-17-37(33,34)31-13-11-29(12-14-31)21-18-20(4-8-28-21)24(25,26)27/h4,8,18-19H,5-7,9-17H2,1-3H3. The van der Waals surface area contributed by atoms with Crippen molar-refractivity contribution >= 4 is 21.9 Å². The van der Waals surface area contributed by atoms with Gasteiger partial charge in [-0.2, -0.15) is 17.5 Å². The van der Waals surface area contributed by atoms with Crippen molar-refractivity contribution in [2.45, 2.75) is 51.8 Å². The number of nitrogens with zero attached hydrogens (tertiary/aromatic N) is 4. The van der Waals surface area contributed by atoms with Crippen molar-refractivity contribution < 1.29 is 35.9 Å². The summed E-state index contributed by atoms with van der Waals surface area (Å²) in [6, 6.07) is 1.90. The first-order valence-electron chi connectivity index (χ1n) is 12.6. The molecule has 37 heavy (non-hydrogen) atoms. The van der Waals surface area contributed by atoms with Crippen molar-refractivity contribution in [3.8, 4) is 0 Å². The second-order valence-electron chi connectivity index (χ2n) is 10.4. The van der Waals surface area contributed by atoms with Crippen LogP contribution in [0.4, 0.5) is 23.8 Å². The Morgan fingerprint density at radius 2 is 1.70 bits per heavy atom. The van der Waals surface area contributed by atoms with E-state index in [9.17, 15) is 26.4 Å². The molecule has 1 aromatic rings. The first-order valence-corrected chi connectivity index (χ1v) is 14.2. The van der Waals surface area contributed by atoms with Crippen LogP contribution >= 0.6 is 0 Å². The van der Waals surface area contributed by atoms with Crippen molar-refractivity contribution in [3.63, 3.8) is 0 Å². The van der Waals surface area contributed by atoms with Crippen LogP contribution in [0.5, 0.6) is 0 Å². The second kappa shape index (κ2) is 12.2. The molecule has 0 radical (unpaired) electrons. The minimum atomic E-state index is -4.46. The monoisotopic (exact) mass is 550 g/mol. The van der Waals surface area contributed by atoms with Gasteiger partial charge in [-0.05, 0) is 58.1 Å². The number of ether oxygens (including phenoxy) is 2. The van der Waals surface area contributed by atoms with Crippen LogP contribution in [0.25, 0.3) is 0 Å². The van der Waals surface area contributed by atoms with Crippen LogP contribution in [0, 0.1) is 5.92 Å². The molecule has 0 saturated carbocycles. The molecule has 13 heteroatoms. The summed E-state index contributed by atoms with van der Waals surface area (Å²) in [5, 5.41) is 0. The number of hydrogen-bond donors (Lipinski definition) is 0. The number of alkyl halides is 3. The number of likely N-dealkylation sites (tertiary alicyclic amines) is 1. The second-order valence-corrected chi connectivity index (χ2v) is 12.5. The van der Waals surface area contributed by atoms with Crippen LogP contribution in [0.1, 0.15) is 45.6 Å². The SMILES string of the molecule is CC(C)(C)OC(=O)N1CCC(CCOCCS(=O)(=O)N2CCN(c3cc(C(F)(F)F)ccn3)CC2)CC1. The maximum Gasteiger partial charge on any atom is 0.416 e. The molecule has 0 aliphatic carbocycles. The number of hydrogen-bond acceptors (Lipinski definition) is 7. The van der Waals surface area contributed by atoms with Gasteiger partial charge < -0.3 is 19.3 Å². The molecule has 2 aliphatic rings. The van der Waals surface area contributed by atoms with Gasteiger partial charge in [0.15, 0.2) is 0 Å². The summed E-state index contributed by atoms with van der Waals surface area (Å²) in [4.78, 5) is 19.5. The quantitative estimate of drug-likeness (QED) is 0.457. The molecule has 2 aliphatic heterocycles. The first-order chi connectivity index (χ1) is 17.2. The van der Waals surface area contributed by atoms with E-state index in [-0.39, 0.29) is 50.4 Å². The van der Waals surface area contributed by atoms with Gasteiger partial charge in [-0.25, -0.2) is 18.2 Å². The van der Waals surface area contributed by atoms with Gasteiger partial charge in [0.05, 0.1) is 17.9 Å². The van der Waals surface area contributed by atoms with Gasteiger partial charge >= 0.3 is 12.3 Å². The highest BCUT2D eigenvalue weighted by Crippen LogP contribution is 2.31. The summed E-state index contributed by atoms with van der Waals surface area (Å²) in [5.74, 6) is 0.450. The zero-order chi connectivity index (χ0) is 27.3. The minimum Gasteiger partial charge on any atom is -0.444 e. The Hall–Kier alpha value is -2.12. The zero-order valence-corrected chi connectivity index (χ0v) is 22.5. The smallest absolute Gasteiger partial charge is 0.416 e. The molecule has 0 atom stereocenters. The molecule has 3 rings (SSSR count). The number of sulfonamides is 1. The maximum absolute atomic E-state index is 13.0. The van der Waals surface area contributed by atoms with E-state index < -0.39 is 27.4 Å². The Labute approximate surface area is 216 Å². The average Bonchev–Trinajstić information content (AvgIpc) is 2.83. The number of carbonyl (C=O) groups is 1. The summed E-state index contributed by atoms with van der Waals surface area (Å²) >= 11 is 0. The zero-order valence-electron chi connectivity index (χ0n) is 21.7. The number of pyridine rings is 1. The van der Waals surface area contributed by atoms with E-state index in [1.165, 1.54) is 4.31 Å². The van der Waals surface area contributed by atoms with E-state index in [1.54, 1.807) is 9.80 Å². The lowest BCUT2D eigenvalue weighted by Crippen LogP contribution is -2.49. The number of anilines is 1. The highest BCUT2D eigenvalue weighted by molar-refractivity contribution is 7.89. The predicted molar refractivity (Wildman–Crippen MR) is 133 cm³/mol. The van der Waals surface area contributed by atoms with Crippen molar-refractivity contribution in [3.05, 3.63) is 23.9 Å². The molecule has 1 amide bonds. The van der Waals surface area contributed by atoms with Crippen LogP contribution in [0.15, 0.2) is 18.3 Å². The number of carbonyl (C=O) groups excluding carboxylic acids is 1. The molecule has 0 unspecified atom stereocenters. The van der Waals surface area contributed by atoms with Gasteiger partial charge in [-0.15, -0.1) is 0 Å². The molecule has 210 valence electrons. The van der Waals surface area contributed by atoms with Crippen molar-refractivity contribution in [2.75, 3.05) is 63.1 Å². The van der Waals surface area contributed by atoms with Gasteiger partial charge in [0.25, 0.3) is 0 Å². The van der Waals surface area contributed by atoms with E-state index >= 15 is 0 Å². The van der Waals surface area contributed by atoms with Crippen LogP contribution < -0.4 is 4.90 Å². The Kier molecular flexibility index (Phi) is 9.68. The predicted octanol–water partition coefficient (Wildman–Crippen LogP) is 3.61. The lowest BCUT2D eigenvalue weighted by Gasteiger charge is -2.35. The van der Waals surface area contributed by atoms with E-state index in [2.05, 4.69) is 4.98 Å². The summed E-state index contributed by atoms with van der Waals surface area (Å²) < 4.78 is 76.6. The fraction of sp³-hybridized carbons (Fsp3) is 0.750. The third-order valence-corrected chi connectivity index (χ3v) is 8.29. The fourth-order valence-corrected chi connectivity index (χ4v) is 5.65. The van der Waals surface area contributed by atoms with E-state index in [0.29, 0.717) is 25.6 Å². The third-order valence-electron chi connectivity index (χ3n) is 6.45. The maximum atomic E-state index is 13.0. The molecule has 3 heterocycles. The van der Waals surface area contributed by atoms with Crippen LogP contribution in [-0.4, -0.2) is 92.5 Å². The highest BCUT2D eigenvalue weighted by Gasteiger charge is 2.32. The summed E-state index contributed by atoms with van der Waals surface area (Å²) in [7, 11) is -3.53. The molecule has 2 fully saturated rings. The van der Waals surface area contributed by atoms with E-state index in [1.807, 2.05) is 20.8 Å². The minimum absolute atomic E-state index is 0.0779. The van der Waals surface area contributed by atoms with Gasteiger partial charge in [0.2, 0.25) is 10.0 Å². The number of amides is 1. The van der Waals surface area contributed by atoms with Crippen LogP contribution in [-0.2, 0) is 25.7 Å². The van der Waals surface area contributed by atoms with E-state index in [4.69, 9.17) is 9.47 Å². The summed E-state index contributed by atoms with van der Waals surface area (Å²) in [6.07, 6.45) is -1.13. The molecular weight excluding hydrogens is 513 g/mol. The number of aromatic nitrogens is 1. The molecule has 9 nitrogen and oxygen atoms in total. The molecule has 0 aromatic carbocycles. The third kappa shape index (κ3) is 8.99. The first kappa shape index (κ1) is 29.4. The molecule has 0 spiro atoms. The molecular formula is C24H37F3N4O5S. The fourth-order valence-electron chi connectivity index (χ4n) is 4.34. The normalized spacial score (nSPS) is 18.8. The largest absolute Gasteiger partial charge is 0.444 e. The summed E-state index contributed by atoms with van der Waals surface area (Å²) in [6.45, 7) is 8.19. The topological polar surface area (TPSA) is 92.3 Å². The lowest BCUT2D eigenvalue weighted by molar-refractivity contribution is -0.137. The Balaban J connectivity index is 1.33. The number of halogens is 3. The van der Waals surface area contributed by atoms with Gasteiger partial charge in [-0.1, -0.05) is 0 Å². The Morgan fingerprint density at radius 1 is 1.05 bits per heavy atom. The molecule has 1 aromatic heterocycles. The highest BCUT2D eigenvalue weighted by atomic mass is 32.2. The lowest BCUT2D eigenvalue weighted by atomic mass is 9.94. The van der Waals surface area contributed by atoms with Gasteiger partial charge in [0.1, 0.15) is 11.4 Å². The number of piperidine rings is 1. The number of rotatable bonds is 8. The molecule has 0 bridgehead atoms. The van der Waals surface area contributed by atoms with Crippen LogP contribution in [0.2, 0.25) is 0 Å². The summed E-state index contributed by atoms with van der Waals surface area (Å²) in [5.41, 5.74) is -1.30. The Bertz CT molecular complexity index is 1000. The Morgan fingerprint density at radius 3 is 2.30 bits per heavy atom. The van der Waals surface area contributed by atoms with Gasteiger partial charge in [-0.3, -0.25) is 0 Å². The molecule has 0 N–H and O–H groups in total. The van der Waals surface area contributed by atoms with E-state index in [0.717, 1.165) is 37.6 Å².